The summed E-state index contributed by atoms with van der Waals surface area (Å²) in [4.78, 5) is 0. The second-order valence-electron chi connectivity index (χ2n) is 9.40. The molecule has 2 aromatic carbocycles. The summed E-state index contributed by atoms with van der Waals surface area (Å²) in [6.45, 7) is 12.7. The minimum atomic E-state index is -0.492. The fraction of sp³-hybridized carbons (Fsp3) is 0.375. The van der Waals surface area contributed by atoms with Gasteiger partial charge in [0.15, 0.2) is 5.82 Å². The van der Waals surface area contributed by atoms with E-state index in [1.165, 1.54) is 5.56 Å². The van der Waals surface area contributed by atoms with Gasteiger partial charge in [0.25, 0.3) is 0 Å². The van der Waals surface area contributed by atoms with Crippen LogP contribution in [0.3, 0.4) is 0 Å². The lowest BCUT2D eigenvalue weighted by Gasteiger charge is -2.33. The Morgan fingerprint density at radius 3 is 2.29 bits per heavy atom. The number of aryl methyl sites for hydroxylation is 1. The van der Waals surface area contributed by atoms with Crippen LogP contribution in [0.15, 0.2) is 48.5 Å². The van der Waals surface area contributed by atoms with Crippen LogP contribution in [-0.2, 0) is 5.54 Å². The molecule has 3 rings (SSSR count). The molecule has 1 heterocycles. The Morgan fingerprint density at radius 1 is 1.00 bits per heavy atom. The Labute approximate surface area is 194 Å². The van der Waals surface area contributed by atoms with Crippen LogP contribution in [0, 0.1) is 12.3 Å². The zero-order valence-electron chi connectivity index (χ0n) is 18.8. The molecular formula is C24H29Cl2N5. The molecule has 0 aliphatic rings. The molecule has 0 amide bonds. The number of hydrogen-bond donors (Lipinski definition) is 1. The molecule has 0 aliphatic heterocycles. The first kappa shape index (κ1) is 23.3. The molecule has 0 radical (unpaired) electrons. The van der Waals surface area contributed by atoms with Crippen molar-refractivity contribution in [3.8, 4) is 0 Å². The molecule has 1 N–H and O–H groups in total. The highest BCUT2D eigenvalue weighted by molar-refractivity contribution is 6.35. The maximum absolute atomic E-state index is 6.36. The molecule has 0 spiro atoms. The van der Waals surface area contributed by atoms with Gasteiger partial charge < -0.3 is 5.32 Å². The summed E-state index contributed by atoms with van der Waals surface area (Å²) in [5, 5.41) is 17.5. The quantitative estimate of drug-likeness (QED) is 0.435. The Balaban J connectivity index is 1.96. The lowest BCUT2D eigenvalue weighted by molar-refractivity contribution is 0.258. The summed E-state index contributed by atoms with van der Waals surface area (Å²) >= 11 is 12.4. The zero-order valence-corrected chi connectivity index (χ0v) is 20.3. The van der Waals surface area contributed by atoms with E-state index in [2.05, 4.69) is 92.7 Å². The van der Waals surface area contributed by atoms with Gasteiger partial charge in [0.05, 0.1) is 11.6 Å². The topological polar surface area (TPSA) is 55.6 Å². The van der Waals surface area contributed by atoms with Crippen LogP contribution in [0.5, 0.6) is 0 Å². The fourth-order valence-electron chi connectivity index (χ4n) is 3.41. The van der Waals surface area contributed by atoms with E-state index in [9.17, 15) is 0 Å². The number of halogens is 2. The van der Waals surface area contributed by atoms with Crippen molar-refractivity contribution in [3.63, 3.8) is 0 Å². The predicted octanol–water partition coefficient (Wildman–Crippen LogP) is 6.94. The van der Waals surface area contributed by atoms with Crippen molar-refractivity contribution >= 4 is 35.0 Å². The molecule has 3 aromatic rings. The van der Waals surface area contributed by atoms with Gasteiger partial charge in [-0.1, -0.05) is 79.9 Å². The third kappa shape index (κ3) is 5.66. The van der Waals surface area contributed by atoms with E-state index in [0.29, 0.717) is 10.0 Å². The molecule has 1 aromatic heterocycles. The van der Waals surface area contributed by atoms with Gasteiger partial charge in [0, 0.05) is 15.7 Å². The fourth-order valence-corrected chi connectivity index (χ4v) is 3.89. The highest BCUT2D eigenvalue weighted by Gasteiger charge is 2.34. The molecule has 1 unspecified atom stereocenters. The average molecular weight is 458 g/mol. The monoisotopic (exact) mass is 457 g/mol. The van der Waals surface area contributed by atoms with Gasteiger partial charge in [-0.3, -0.25) is 0 Å². The van der Waals surface area contributed by atoms with Gasteiger partial charge in [-0.15, -0.1) is 5.10 Å². The minimum absolute atomic E-state index is 0.0941. The largest absolute Gasteiger partial charge is 0.373 e. The minimum Gasteiger partial charge on any atom is -0.373 e. The first-order valence-electron chi connectivity index (χ1n) is 10.2. The van der Waals surface area contributed by atoms with E-state index >= 15 is 0 Å². The molecule has 0 bridgehead atoms. The third-order valence-corrected chi connectivity index (χ3v) is 5.69. The number of tetrazole rings is 1. The summed E-state index contributed by atoms with van der Waals surface area (Å²) in [6, 6.07) is 13.7. The standard InChI is InChI=1S/C24H29Cl2N5/c1-16-7-12-19(13-8-16)27-24(5,6)22-28-29-30-31(22)21(23(2,3)4)14-10-17-9-11-18(25)15-20(17)26/h7-15,21,27H,1-6H3/b14-10+. The highest BCUT2D eigenvalue weighted by atomic mass is 35.5. The summed E-state index contributed by atoms with van der Waals surface area (Å²) in [6.07, 6.45) is 4.09. The van der Waals surface area contributed by atoms with Crippen LogP contribution in [-0.4, -0.2) is 20.2 Å². The van der Waals surface area contributed by atoms with Crippen LogP contribution in [0.1, 0.15) is 57.6 Å². The Bertz CT molecular complexity index is 1060. The van der Waals surface area contributed by atoms with Crippen molar-refractivity contribution in [1.82, 2.24) is 20.2 Å². The van der Waals surface area contributed by atoms with Crippen molar-refractivity contribution < 1.29 is 0 Å². The van der Waals surface area contributed by atoms with E-state index < -0.39 is 5.54 Å². The summed E-state index contributed by atoms with van der Waals surface area (Å²) in [5.41, 5.74) is 2.49. The van der Waals surface area contributed by atoms with Crippen molar-refractivity contribution in [3.05, 3.63) is 75.5 Å². The summed E-state index contributed by atoms with van der Waals surface area (Å²) in [5.74, 6) is 0.750. The Kier molecular flexibility index (Phi) is 6.77. The van der Waals surface area contributed by atoms with Gasteiger partial charge in [0.1, 0.15) is 0 Å². The second kappa shape index (κ2) is 9.01. The maximum Gasteiger partial charge on any atom is 0.176 e. The zero-order chi connectivity index (χ0) is 22.8. The van der Waals surface area contributed by atoms with E-state index in [-0.39, 0.29) is 11.5 Å². The number of benzene rings is 2. The number of aromatic nitrogens is 4. The molecule has 5 nitrogen and oxygen atoms in total. The SMILES string of the molecule is Cc1ccc(NC(C)(C)c2nnnn2C(/C=C/c2ccc(Cl)cc2Cl)C(C)(C)C)cc1. The lowest BCUT2D eigenvalue weighted by atomic mass is 9.85. The van der Waals surface area contributed by atoms with Gasteiger partial charge in [-0.05, 0) is 66.4 Å². The normalized spacial score (nSPS) is 13.5. The van der Waals surface area contributed by atoms with Crippen molar-refractivity contribution in [2.24, 2.45) is 5.41 Å². The second-order valence-corrected chi connectivity index (χ2v) is 10.2. The van der Waals surface area contributed by atoms with Crippen molar-refractivity contribution in [1.29, 1.82) is 0 Å². The summed E-state index contributed by atoms with van der Waals surface area (Å²) in [7, 11) is 0. The smallest absolute Gasteiger partial charge is 0.176 e. The van der Waals surface area contributed by atoms with Crippen molar-refractivity contribution in [2.45, 2.75) is 53.1 Å². The first-order chi connectivity index (χ1) is 14.5. The number of anilines is 1. The predicted molar refractivity (Wildman–Crippen MR) is 130 cm³/mol. The molecule has 0 saturated heterocycles. The molecular weight excluding hydrogens is 429 g/mol. The van der Waals surface area contributed by atoms with Gasteiger partial charge in [-0.2, -0.15) is 0 Å². The molecule has 1 atom stereocenters. The summed E-state index contributed by atoms with van der Waals surface area (Å²) < 4.78 is 1.89. The first-order valence-corrected chi connectivity index (χ1v) is 11.0. The van der Waals surface area contributed by atoms with E-state index in [1.807, 2.05) is 22.9 Å². The van der Waals surface area contributed by atoms with E-state index in [0.717, 1.165) is 17.1 Å². The van der Waals surface area contributed by atoms with Gasteiger partial charge >= 0.3 is 0 Å². The number of hydrogen-bond acceptors (Lipinski definition) is 4. The molecule has 164 valence electrons. The highest BCUT2D eigenvalue weighted by Crippen LogP contribution is 2.35. The molecule has 0 aliphatic carbocycles. The Hall–Kier alpha value is -2.37. The average Bonchev–Trinajstić information content (AvgIpc) is 3.14. The van der Waals surface area contributed by atoms with E-state index in [4.69, 9.17) is 23.2 Å². The molecule has 0 fully saturated rings. The molecule has 31 heavy (non-hydrogen) atoms. The van der Waals surface area contributed by atoms with Crippen LogP contribution >= 0.6 is 23.2 Å². The number of allylic oxidation sites excluding steroid dienone is 1. The van der Waals surface area contributed by atoms with Gasteiger partial charge in [0.2, 0.25) is 0 Å². The van der Waals surface area contributed by atoms with Gasteiger partial charge in [-0.25, -0.2) is 4.68 Å². The van der Waals surface area contributed by atoms with Crippen LogP contribution in [0.25, 0.3) is 6.08 Å². The number of nitrogens with one attached hydrogen (secondary N) is 1. The molecule has 0 saturated carbocycles. The number of rotatable bonds is 6. The Morgan fingerprint density at radius 2 is 1.68 bits per heavy atom. The van der Waals surface area contributed by atoms with E-state index in [1.54, 1.807) is 6.07 Å². The van der Waals surface area contributed by atoms with Crippen LogP contribution < -0.4 is 5.32 Å². The third-order valence-electron chi connectivity index (χ3n) is 5.13. The van der Waals surface area contributed by atoms with Crippen molar-refractivity contribution in [2.75, 3.05) is 5.32 Å². The maximum atomic E-state index is 6.36. The van der Waals surface area contributed by atoms with Crippen LogP contribution in [0.2, 0.25) is 10.0 Å². The lowest BCUT2D eigenvalue weighted by Crippen LogP contribution is -2.35. The van der Waals surface area contributed by atoms with Crippen LogP contribution in [0.4, 0.5) is 5.69 Å². The molecule has 7 heteroatoms. The number of nitrogens with zero attached hydrogens (tertiary/aromatic N) is 4.